The molecule has 5 heteroatoms. The van der Waals surface area contributed by atoms with Gasteiger partial charge in [0, 0.05) is 18.2 Å². The van der Waals surface area contributed by atoms with E-state index in [9.17, 15) is 4.79 Å². The van der Waals surface area contributed by atoms with Gasteiger partial charge in [-0.1, -0.05) is 12.1 Å². The van der Waals surface area contributed by atoms with Gasteiger partial charge >= 0.3 is 0 Å². The summed E-state index contributed by atoms with van der Waals surface area (Å²) in [6.07, 6.45) is 1.14. The van der Waals surface area contributed by atoms with Crippen LogP contribution in [0.1, 0.15) is 30.4 Å². The Hall–Kier alpha value is -1.36. The first-order valence-corrected chi connectivity index (χ1v) is 5.49. The molecule has 3 N–H and O–H groups in total. The highest BCUT2D eigenvalue weighted by Crippen LogP contribution is 2.12. The molecule has 0 radical (unpaired) electrons. The Bertz CT molecular complexity index is 337. The van der Waals surface area contributed by atoms with Crippen molar-refractivity contribution in [3.63, 3.8) is 0 Å². The highest BCUT2D eigenvalue weighted by atomic mass is 16.5. The topological polar surface area (TPSA) is 81.1 Å². The molecule has 90 valence electrons. The molecule has 5 nitrogen and oxygen atoms in total. The monoisotopic (exact) mass is 225 g/mol. The second-order valence-electron chi connectivity index (χ2n) is 3.89. The SMILES string of the molecule is CCC(CN)NC(=O)Cc1c(C)noc1C. The van der Waals surface area contributed by atoms with Gasteiger partial charge < -0.3 is 15.6 Å². The van der Waals surface area contributed by atoms with Crippen LogP contribution in [0.2, 0.25) is 0 Å². The molecule has 1 heterocycles. The summed E-state index contributed by atoms with van der Waals surface area (Å²) in [5.74, 6) is 0.667. The summed E-state index contributed by atoms with van der Waals surface area (Å²) in [6.45, 7) is 6.10. The van der Waals surface area contributed by atoms with E-state index in [-0.39, 0.29) is 11.9 Å². The summed E-state index contributed by atoms with van der Waals surface area (Å²) in [6, 6.07) is 0.0490. The second kappa shape index (κ2) is 5.65. The number of nitrogens with zero attached hydrogens (tertiary/aromatic N) is 1. The van der Waals surface area contributed by atoms with Crippen molar-refractivity contribution in [3.05, 3.63) is 17.0 Å². The van der Waals surface area contributed by atoms with Crippen molar-refractivity contribution in [1.29, 1.82) is 0 Å². The normalized spacial score (nSPS) is 12.5. The lowest BCUT2D eigenvalue weighted by molar-refractivity contribution is -0.121. The molecule has 1 amide bonds. The summed E-state index contributed by atoms with van der Waals surface area (Å²) in [5.41, 5.74) is 7.16. The molecule has 0 aliphatic rings. The van der Waals surface area contributed by atoms with Crippen LogP contribution in [0.15, 0.2) is 4.52 Å². The van der Waals surface area contributed by atoms with Gasteiger partial charge in [0.2, 0.25) is 5.91 Å². The van der Waals surface area contributed by atoms with E-state index in [1.165, 1.54) is 0 Å². The fourth-order valence-corrected chi connectivity index (χ4v) is 1.52. The fraction of sp³-hybridized carbons (Fsp3) is 0.636. The predicted molar refractivity (Wildman–Crippen MR) is 61.0 cm³/mol. The van der Waals surface area contributed by atoms with Gasteiger partial charge in [-0.25, -0.2) is 0 Å². The lowest BCUT2D eigenvalue weighted by Crippen LogP contribution is -2.40. The van der Waals surface area contributed by atoms with Crippen molar-refractivity contribution in [3.8, 4) is 0 Å². The van der Waals surface area contributed by atoms with Crippen molar-refractivity contribution in [2.75, 3.05) is 6.54 Å². The molecule has 0 saturated heterocycles. The van der Waals surface area contributed by atoms with Crippen LogP contribution in [0.5, 0.6) is 0 Å². The van der Waals surface area contributed by atoms with Crippen LogP contribution in [0.3, 0.4) is 0 Å². The number of hydrogen-bond donors (Lipinski definition) is 2. The lowest BCUT2D eigenvalue weighted by atomic mass is 10.1. The molecule has 1 aromatic heterocycles. The lowest BCUT2D eigenvalue weighted by Gasteiger charge is -2.14. The maximum absolute atomic E-state index is 11.7. The third-order valence-corrected chi connectivity index (χ3v) is 2.66. The Morgan fingerprint density at radius 2 is 2.25 bits per heavy atom. The molecular formula is C11H19N3O2. The molecular weight excluding hydrogens is 206 g/mol. The first kappa shape index (κ1) is 12.7. The third-order valence-electron chi connectivity index (χ3n) is 2.66. The number of nitrogens with two attached hydrogens (primary N) is 1. The second-order valence-corrected chi connectivity index (χ2v) is 3.89. The quantitative estimate of drug-likeness (QED) is 0.772. The zero-order valence-corrected chi connectivity index (χ0v) is 10.0. The van der Waals surface area contributed by atoms with E-state index in [1.807, 2.05) is 20.8 Å². The van der Waals surface area contributed by atoms with Crippen LogP contribution in [-0.2, 0) is 11.2 Å². The van der Waals surface area contributed by atoms with Gasteiger partial charge in [-0.15, -0.1) is 0 Å². The van der Waals surface area contributed by atoms with E-state index >= 15 is 0 Å². The zero-order chi connectivity index (χ0) is 12.1. The van der Waals surface area contributed by atoms with Gasteiger partial charge in [0.15, 0.2) is 0 Å². The third kappa shape index (κ3) is 3.06. The zero-order valence-electron chi connectivity index (χ0n) is 10.0. The Morgan fingerprint density at radius 1 is 1.56 bits per heavy atom. The largest absolute Gasteiger partial charge is 0.361 e. The van der Waals surface area contributed by atoms with Crippen molar-refractivity contribution < 1.29 is 9.32 Å². The van der Waals surface area contributed by atoms with Crippen molar-refractivity contribution >= 4 is 5.91 Å². The minimum atomic E-state index is -0.0355. The minimum Gasteiger partial charge on any atom is -0.361 e. The van der Waals surface area contributed by atoms with Gasteiger partial charge in [0.25, 0.3) is 0 Å². The molecule has 0 aliphatic carbocycles. The van der Waals surface area contributed by atoms with Crippen LogP contribution in [-0.4, -0.2) is 23.7 Å². The van der Waals surface area contributed by atoms with E-state index in [2.05, 4.69) is 10.5 Å². The Labute approximate surface area is 95.4 Å². The molecule has 0 aliphatic heterocycles. The smallest absolute Gasteiger partial charge is 0.224 e. The van der Waals surface area contributed by atoms with Crippen LogP contribution >= 0.6 is 0 Å². The number of carbonyl (C=O) groups is 1. The van der Waals surface area contributed by atoms with Crippen molar-refractivity contribution in [1.82, 2.24) is 10.5 Å². The number of hydrogen-bond acceptors (Lipinski definition) is 4. The number of nitrogens with one attached hydrogen (secondary N) is 1. The van der Waals surface area contributed by atoms with Gasteiger partial charge in [-0.2, -0.15) is 0 Å². The summed E-state index contributed by atoms with van der Waals surface area (Å²) >= 11 is 0. The van der Waals surface area contributed by atoms with Crippen LogP contribution in [0.4, 0.5) is 0 Å². The fourth-order valence-electron chi connectivity index (χ4n) is 1.52. The number of rotatable bonds is 5. The Kier molecular flexibility index (Phi) is 4.49. The van der Waals surface area contributed by atoms with Crippen LogP contribution < -0.4 is 11.1 Å². The first-order chi connectivity index (χ1) is 7.58. The molecule has 0 bridgehead atoms. The van der Waals surface area contributed by atoms with E-state index < -0.39 is 0 Å². The van der Waals surface area contributed by atoms with E-state index in [0.29, 0.717) is 18.7 Å². The predicted octanol–water partition coefficient (Wildman–Crippen LogP) is 0.687. The average Bonchev–Trinajstić information content (AvgIpc) is 2.57. The Balaban J connectivity index is 2.58. The van der Waals surface area contributed by atoms with E-state index in [4.69, 9.17) is 10.3 Å². The number of aryl methyl sites for hydroxylation is 2. The van der Waals surface area contributed by atoms with E-state index in [0.717, 1.165) is 17.7 Å². The van der Waals surface area contributed by atoms with Gasteiger partial charge in [-0.3, -0.25) is 4.79 Å². The molecule has 16 heavy (non-hydrogen) atoms. The highest BCUT2D eigenvalue weighted by molar-refractivity contribution is 5.79. The summed E-state index contributed by atoms with van der Waals surface area (Å²) < 4.78 is 5.00. The molecule has 0 fully saturated rings. The van der Waals surface area contributed by atoms with Gasteiger partial charge in [0.1, 0.15) is 5.76 Å². The number of amides is 1. The van der Waals surface area contributed by atoms with Crippen LogP contribution in [0, 0.1) is 13.8 Å². The molecule has 0 saturated carbocycles. The van der Waals surface area contributed by atoms with Gasteiger partial charge in [-0.05, 0) is 20.3 Å². The summed E-state index contributed by atoms with van der Waals surface area (Å²) in [4.78, 5) is 11.7. The maximum Gasteiger partial charge on any atom is 0.224 e. The standard InChI is InChI=1S/C11H19N3O2/c1-4-9(6-12)13-11(15)5-10-7(2)14-16-8(10)3/h9H,4-6,12H2,1-3H3,(H,13,15). The first-order valence-electron chi connectivity index (χ1n) is 5.49. The number of aromatic nitrogens is 1. The molecule has 1 aromatic rings. The highest BCUT2D eigenvalue weighted by Gasteiger charge is 2.15. The molecule has 1 unspecified atom stereocenters. The van der Waals surface area contributed by atoms with Crippen molar-refractivity contribution in [2.45, 2.75) is 39.7 Å². The number of carbonyl (C=O) groups excluding carboxylic acids is 1. The summed E-state index contributed by atoms with van der Waals surface area (Å²) in [7, 11) is 0. The van der Waals surface area contributed by atoms with Gasteiger partial charge in [0.05, 0.1) is 12.1 Å². The molecule has 1 rings (SSSR count). The molecule has 0 aromatic carbocycles. The van der Waals surface area contributed by atoms with E-state index in [1.54, 1.807) is 0 Å². The minimum absolute atomic E-state index is 0.0355. The average molecular weight is 225 g/mol. The Morgan fingerprint density at radius 3 is 2.69 bits per heavy atom. The van der Waals surface area contributed by atoms with Crippen LogP contribution in [0.25, 0.3) is 0 Å². The summed E-state index contributed by atoms with van der Waals surface area (Å²) in [5, 5.41) is 6.68. The maximum atomic E-state index is 11.7. The molecule has 1 atom stereocenters. The van der Waals surface area contributed by atoms with Crippen molar-refractivity contribution in [2.24, 2.45) is 5.73 Å². The molecule has 0 spiro atoms.